The number of fused-ring (bicyclic) bond motifs is 1. The minimum atomic E-state index is -3.19. The van der Waals surface area contributed by atoms with Crippen molar-refractivity contribution in [1.29, 1.82) is 0 Å². The van der Waals surface area contributed by atoms with Crippen LogP contribution >= 0.6 is 11.3 Å². The standard InChI is InChI=1S/C14H23N3O2S2/c1-10(2)16-21(18,19)11-6-7-17(8-11)9-14-15-12-4-3-5-13(12)20-14/h10-11,16H,3-9H2,1-2H3. The van der Waals surface area contributed by atoms with Gasteiger partial charge in [-0.1, -0.05) is 0 Å². The molecule has 1 aromatic rings. The number of aryl methyl sites for hydroxylation is 2. The van der Waals surface area contributed by atoms with Gasteiger partial charge < -0.3 is 0 Å². The quantitative estimate of drug-likeness (QED) is 0.890. The zero-order chi connectivity index (χ0) is 15.0. The van der Waals surface area contributed by atoms with E-state index in [0.717, 1.165) is 24.5 Å². The summed E-state index contributed by atoms with van der Waals surface area (Å²) in [6, 6.07) is -0.0361. The Balaban J connectivity index is 1.59. The molecule has 1 aliphatic carbocycles. The van der Waals surface area contributed by atoms with Gasteiger partial charge in [-0.05, 0) is 46.1 Å². The summed E-state index contributed by atoms with van der Waals surface area (Å²) in [6.07, 6.45) is 4.23. The lowest BCUT2D eigenvalue weighted by Crippen LogP contribution is -2.39. The molecule has 21 heavy (non-hydrogen) atoms. The van der Waals surface area contributed by atoms with Crippen LogP contribution in [0.3, 0.4) is 0 Å². The Morgan fingerprint density at radius 3 is 2.95 bits per heavy atom. The highest BCUT2D eigenvalue weighted by molar-refractivity contribution is 7.90. The van der Waals surface area contributed by atoms with E-state index < -0.39 is 10.0 Å². The predicted molar refractivity (Wildman–Crippen MR) is 85.0 cm³/mol. The summed E-state index contributed by atoms with van der Waals surface area (Å²) >= 11 is 1.81. The van der Waals surface area contributed by atoms with Crippen LogP contribution in [0.25, 0.3) is 0 Å². The highest BCUT2D eigenvalue weighted by Crippen LogP contribution is 2.29. The van der Waals surface area contributed by atoms with Crippen LogP contribution in [0.5, 0.6) is 0 Å². The van der Waals surface area contributed by atoms with Crippen molar-refractivity contribution in [2.45, 2.75) is 57.4 Å². The third-order valence-corrected chi connectivity index (χ3v) is 7.27. The summed E-state index contributed by atoms with van der Waals surface area (Å²) in [7, 11) is -3.19. The van der Waals surface area contributed by atoms with Crippen LogP contribution in [-0.2, 0) is 29.4 Å². The molecule has 1 aromatic heterocycles. The molecule has 1 aliphatic heterocycles. The van der Waals surface area contributed by atoms with Gasteiger partial charge in [-0.3, -0.25) is 4.90 Å². The molecule has 118 valence electrons. The Morgan fingerprint density at radius 2 is 2.24 bits per heavy atom. The van der Waals surface area contributed by atoms with E-state index in [9.17, 15) is 8.42 Å². The van der Waals surface area contributed by atoms with Gasteiger partial charge in [0.15, 0.2) is 0 Å². The van der Waals surface area contributed by atoms with Crippen LogP contribution < -0.4 is 4.72 Å². The SMILES string of the molecule is CC(C)NS(=O)(=O)C1CCN(Cc2nc3c(s2)CCC3)C1. The minimum Gasteiger partial charge on any atom is -0.295 e. The van der Waals surface area contributed by atoms with Crippen molar-refractivity contribution in [3.05, 3.63) is 15.6 Å². The number of sulfonamides is 1. The van der Waals surface area contributed by atoms with Gasteiger partial charge in [-0.2, -0.15) is 0 Å². The smallest absolute Gasteiger partial charge is 0.216 e. The molecule has 0 spiro atoms. The number of nitrogens with one attached hydrogen (secondary N) is 1. The van der Waals surface area contributed by atoms with Crippen molar-refractivity contribution in [2.75, 3.05) is 13.1 Å². The zero-order valence-electron chi connectivity index (χ0n) is 12.6. The molecule has 1 saturated heterocycles. The van der Waals surface area contributed by atoms with Crippen LogP contribution in [0.15, 0.2) is 0 Å². The van der Waals surface area contributed by atoms with E-state index in [2.05, 4.69) is 9.62 Å². The molecule has 0 saturated carbocycles. The van der Waals surface area contributed by atoms with Crippen molar-refractivity contribution in [3.63, 3.8) is 0 Å². The lowest BCUT2D eigenvalue weighted by Gasteiger charge is -2.16. The van der Waals surface area contributed by atoms with Gasteiger partial charge in [-0.15, -0.1) is 11.3 Å². The number of likely N-dealkylation sites (tertiary alicyclic amines) is 1. The molecular formula is C14H23N3O2S2. The molecule has 1 atom stereocenters. The van der Waals surface area contributed by atoms with Crippen molar-refractivity contribution in [2.24, 2.45) is 0 Å². The van der Waals surface area contributed by atoms with Crippen molar-refractivity contribution < 1.29 is 8.42 Å². The monoisotopic (exact) mass is 329 g/mol. The van der Waals surface area contributed by atoms with Gasteiger partial charge in [0.1, 0.15) is 5.01 Å². The van der Waals surface area contributed by atoms with Crippen LogP contribution in [0.2, 0.25) is 0 Å². The maximum absolute atomic E-state index is 12.2. The van der Waals surface area contributed by atoms with E-state index in [4.69, 9.17) is 4.98 Å². The van der Waals surface area contributed by atoms with Crippen LogP contribution in [0.4, 0.5) is 0 Å². The van der Waals surface area contributed by atoms with Crippen molar-refractivity contribution in [3.8, 4) is 0 Å². The average molecular weight is 329 g/mol. The molecule has 0 radical (unpaired) electrons. The third kappa shape index (κ3) is 3.47. The van der Waals surface area contributed by atoms with Gasteiger partial charge in [0.25, 0.3) is 0 Å². The number of aromatic nitrogens is 1. The topological polar surface area (TPSA) is 62.3 Å². The molecule has 1 N–H and O–H groups in total. The summed E-state index contributed by atoms with van der Waals surface area (Å²) < 4.78 is 27.1. The van der Waals surface area contributed by atoms with Gasteiger partial charge in [0.2, 0.25) is 10.0 Å². The number of nitrogens with zero attached hydrogens (tertiary/aromatic N) is 2. The first kappa shape index (κ1) is 15.4. The second-order valence-electron chi connectivity index (χ2n) is 6.29. The lowest BCUT2D eigenvalue weighted by atomic mass is 10.4. The van der Waals surface area contributed by atoms with Gasteiger partial charge in [0.05, 0.1) is 17.5 Å². The molecule has 7 heteroatoms. The fraction of sp³-hybridized carbons (Fsp3) is 0.786. The summed E-state index contributed by atoms with van der Waals surface area (Å²) in [5, 5.41) is 0.862. The minimum absolute atomic E-state index is 0.0361. The van der Waals surface area contributed by atoms with Gasteiger partial charge in [-0.25, -0.2) is 18.1 Å². The van der Waals surface area contributed by atoms with E-state index in [0.29, 0.717) is 13.0 Å². The van der Waals surface area contributed by atoms with Gasteiger partial charge in [0, 0.05) is 17.5 Å². The van der Waals surface area contributed by atoms with Crippen molar-refractivity contribution in [1.82, 2.24) is 14.6 Å². The first-order valence-corrected chi connectivity index (χ1v) is 10.0. The first-order chi connectivity index (χ1) is 9.94. The van der Waals surface area contributed by atoms with Crippen LogP contribution in [0, 0.1) is 0 Å². The van der Waals surface area contributed by atoms with Crippen LogP contribution in [0.1, 0.15) is 42.3 Å². The molecule has 2 aliphatic rings. The van der Waals surface area contributed by atoms with E-state index in [1.165, 1.54) is 23.4 Å². The highest BCUT2D eigenvalue weighted by Gasteiger charge is 2.33. The Labute approximate surface area is 130 Å². The Kier molecular flexibility index (Phi) is 4.36. The van der Waals surface area contributed by atoms with E-state index in [1.54, 1.807) is 0 Å². The molecule has 2 heterocycles. The highest BCUT2D eigenvalue weighted by atomic mass is 32.2. The molecule has 3 rings (SSSR count). The largest absolute Gasteiger partial charge is 0.295 e. The first-order valence-electron chi connectivity index (χ1n) is 7.65. The van der Waals surface area contributed by atoms with Crippen molar-refractivity contribution >= 4 is 21.4 Å². The molecule has 1 unspecified atom stereocenters. The maximum atomic E-state index is 12.2. The fourth-order valence-corrected chi connectivity index (χ4v) is 5.99. The number of hydrogen-bond acceptors (Lipinski definition) is 5. The molecule has 0 bridgehead atoms. The summed E-state index contributed by atoms with van der Waals surface area (Å²) in [5.74, 6) is 0. The number of hydrogen-bond donors (Lipinski definition) is 1. The van der Waals surface area contributed by atoms with E-state index in [1.807, 2.05) is 25.2 Å². The molecule has 0 aromatic carbocycles. The summed E-state index contributed by atoms with van der Waals surface area (Å²) in [6.45, 7) is 5.98. The second-order valence-corrected chi connectivity index (χ2v) is 9.45. The van der Waals surface area contributed by atoms with E-state index in [-0.39, 0.29) is 11.3 Å². The number of thiazole rings is 1. The normalized spacial score (nSPS) is 23.1. The fourth-order valence-electron chi connectivity index (χ4n) is 3.12. The molecular weight excluding hydrogens is 306 g/mol. The summed E-state index contributed by atoms with van der Waals surface area (Å²) in [5.41, 5.74) is 1.28. The Hall–Kier alpha value is -0.500. The Morgan fingerprint density at radius 1 is 1.43 bits per heavy atom. The molecule has 1 fully saturated rings. The van der Waals surface area contributed by atoms with Gasteiger partial charge >= 0.3 is 0 Å². The number of rotatable bonds is 5. The zero-order valence-corrected chi connectivity index (χ0v) is 14.3. The third-order valence-electron chi connectivity index (χ3n) is 4.07. The second kappa shape index (κ2) is 5.95. The van der Waals surface area contributed by atoms with Crippen LogP contribution in [-0.4, -0.2) is 42.7 Å². The predicted octanol–water partition coefficient (Wildman–Crippen LogP) is 1.53. The van der Waals surface area contributed by atoms with E-state index >= 15 is 0 Å². The maximum Gasteiger partial charge on any atom is 0.216 e. The summed E-state index contributed by atoms with van der Waals surface area (Å²) in [4.78, 5) is 8.36. The average Bonchev–Trinajstić information content (AvgIpc) is 3.02. The lowest BCUT2D eigenvalue weighted by molar-refractivity contribution is 0.330. The molecule has 5 nitrogen and oxygen atoms in total. The Bertz CT molecular complexity index is 588. The molecule has 0 amide bonds.